The zero-order valence-electron chi connectivity index (χ0n) is 13.8. The molecule has 4 nitrogen and oxygen atoms in total. The third-order valence-corrected chi connectivity index (χ3v) is 4.80. The molecule has 1 aliphatic rings. The van der Waals surface area contributed by atoms with E-state index in [4.69, 9.17) is 4.98 Å². The quantitative estimate of drug-likeness (QED) is 0.761. The molecular weight excluding hydrogens is 298 g/mol. The van der Waals surface area contributed by atoms with Crippen molar-refractivity contribution in [2.75, 3.05) is 11.4 Å². The molecule has 0 spiro atoms. The zero-order chi connectivity index (χ0) is 16.5. The topological polar surface area (TPSA) is 49.2 Å². The first-order valence-electron chi connectivity index (χ1n) is 8.56. The lowest BCUT2D eigenvalue weighted by Gasteiger charge is -2.35. The monoisotopic (exact) mass is 319 g/mol. The van der Waals surface area contributed by atoms with Crippen LogP contribution < -0.4 is 4.90 Å². The molecule has 0 saturated carbocycles. The van der Waals surface area contributed by atoms with Crippen LogP contribution >= 0.6 is 0 Å². The molecule has 3 aromatic rings. The Morgan fingerprint density at radius 1 is 1.00 bits per heavy atom. The van der Waals surface area contributed by atoms with Crippen LogP contribution in [0.3, 0.4) is 0 Å². The molecule has 24 heavy (non-hydrogen) atoms. The van der Waals surface area contributed by atoms with Crippen LogP contribution in [0.4, 0.5) is 5.82 Å². The number of piperidine rings is 1. The fourth-order valence-electron chi connectivity index (χ4n) is 3.47. The number of hydrogen-bond acceptors (Lipinski definition) is 4. The number of para-hydroxylation sites is 2. The van der Waals surface area contributed by atoms with E-state index in [-0.39, 0.29) is 5.75 Å². The zero-order valence-corrected chi connectivity index (χ0v) is 13.8. The van der Waals surface area contributed by atoms with E-state index in [1.807, 2.05) is 36.4 Å². The highest BCUT2D eigenvalue weighted by atomic mass is 16.3. The highest BCUT2D eigenvalue weighted by Crippen LogP contribution is 2.33. The van der Waals surface area contributed by atoms with Crippen molar-refractivity contribution in [3.8, 4) is 17.1 Å². The van der Waals surface area contributed by atoms with Gasteiger partial charge < -0.3 is 10.0 Å². The summed E-state index contributed by atoms with van der Waals surface area (Å²) < 4.78 is 0. The molecule has 1 saturated heterocycles. The number of aromatic hydroxyl groups is 1. The maximum Gasteiger partial charge on any atom is 0.165 e. The van der Waals surface area contributed by atoms with Crippen molar-refractivity contribution in [3.05, 3.63) is 48.5 Å². The average Bonchev–Trinajstić information content (AvgIpc) is 2.62. The maximum absolute atomic E-state index is 10.2. The Bertz CT molecular complexity index is 878. The number of phenolic OH excluding ortho intramolecular Hbond substituents is 1. The number of anilines is 1. The van der Waals surface area contributed by atoms with Gasteiger partial charge in [0.2, 0.25) is 0 Å². The van der Waals surface area contributed by atoms with Crippen molar-refractivity contribution in [1.82, 2.24) is 9.97 Å². The van der Waals surface area contributed by atoms with Crippen LogP contribution in [0.1, 0.15) is 26.2 Å². The molecule has 1 aromatic heterocycles. The third kappa shape index (κ3) is 2.58. The van der Waals surface area contributed by atoms with Crippen LogP contribution in [-0.4, -0.2) is 27.7 Å². The summed E-state index contributed by atoms with van der Waals surface area (Å²) in [5, 5.41) is 11.3. The number of aromatic nitrogens is 2. The molecule has 1 N–H and O–H groups in total. The van der Waals surface area contributed by atoms with E-state index >= 15 is 0 Å². The summed E-state index contributed by atoms with van der Waals surface area (Å²) in [6, 6.07) is 15.8. The fourth-order valence-corrected chi connectivity index (χ4v) is 3.47. The Morgan fingerprint density at radius 2 is 1.79 bits per heavy atom. The second-order valence-corrected chi connectivity index (χ2v) is 6.44. The first-order valence-corrected chi connectivity index (χ1v) is 8.56. The molecular formula is C20H21N3O. The molecule has 0 radical (unpaired) electrons. The van der Waals surface area contributed by atoms with Crippen molar-refractivity contribution in [1.29, 1.82) is 0 Å². The summed E-state index contributed by atoms with van der Waals surface area (Å²) in [4.78, 5) is 11.9. The standard InChI is InChI=1S/C20H21N3O/c1-14-8-6-7-13-23(14)20-15-9-2-4-11-17(15)21-19(22-20)16-10-3-5-12-18(16)24/h2-5,9-12,14,24H,6-8,13H2,1H3. The van der Waals surface area contributed by atoms with Crippen LogP contribution in [0.5, 0.6) is 5.75 Å². The Balaban J connectivity index is 1.93. The lowest BCUT2D eigenvalue weighted by Crippen LogP contribution is -2.38. The van der Waals surface area contributed by atoms with Gasteiger partial charge in [-0.05, 0) is 50.5 Å². The Morgan fingerprint density at radius 3 is 2.62 bits per heavy atom. The van der Waals surface area contributed by atoms with Gasteiger partial charge in [-0.15, -0.1) is 0 Å². The van der Waals surface area contributed by atoms with Crippen molar-refractivity contribution < 1.29 is 5.11 Å². The van der Waals surface area contributed by atoms with Crippen molar-refractivity contribution in [3.63, 3.8) is 0 Å². The van der Waals surface area contributed by atoms with Gasteiger partial charge >= 0.3 is 0 Å². The van der Waals surface area contributed by atoms with E-state index in [1.165, 1.54) is 19.3 Å². The first-order chi connectivity index (χ1) is 11.7. The minimum atomic E-state index is 0.213. The number of rotatable bonds is 2. The van der Waals surface area contributed by atoms with Crippen LogP contribution in [0.2, 0.25) is 0 Å². The number of hydrogen-bond donors (Lipinski definition) is 1. The van der Waals surface area contributed by atoms with E-state index in [2.05, 4.69) is 22.9 Å². The molecule has 1 unspecified atom stereocenters. The van der Waals surface area contributed by atoms with Crippen molar-refractivity contribution in [2.24, 2.45) is 0 Å². The molecule has 0 amide bonds. The SMILES string of the molecule is CC1CCCCN1c1nc(-c2ccccc2O)nc2ccccc12. The number of benzene rings is 2. The fraction of sp³-hybridized carbons (Fsp3) is 0.300. The largest absolute Gasteiger partial charge is 0.507 e. The smallest absolute Gasteiger partial charge is 0.165 e. The summed E-state index contributed by atoms with van der Waals surface area (Å²) in [6.07, 6.45) is 3.64. The molecule has 1 fully saturated rings. The lowest BCUT2D eigenvalue weighted by atomic mass is 10.0. The highest BCUT2D eigenvalue weighted by molar-refractivity contribution is 5.91. The average molecular weight is 319 g/mol. The first kappa shape index (κ1) is 14.9. The summed E-state index contributed by atoms with van der Waals surface area (Å²) >= 11 is 0. The summed E-state index contributed by atoms with van der Waals surface area (Å²) in [6.45, 7) is 3.28. The summed E-state index contributed by atoms with van der Waals surface area (Å²) in [7, 11) is 0. The van der Waals surface area contributed by atoms with Crippen LogP contribution in [0, 0.1) is 0 Å². The summed E-state index contributed by atoms with van der Waals surface area (Å²) in [5.41, 5.74) is 1.59. The van der Waals surface area contributed by atoms with Gasteiger partial charge in [-0.3, -0.25) is 0 Å². The van der Waals surface area contributed by atoms with E-state index in [0.717, 1.165) is 23.3 Å². The highest BCUT2D eigenvalue weighted by Gasteiger charge is 2.23. The Hall–Kier alpha value is -2.62. The van der Waals surface area contributed by atoms with Crippen LogP contribution in [-0.2, 0) is 0 Å². The number of phenols is 1. The Labute approximate surface area is 141 Å². The predicted octanol–water partition coefficient (Wildman–Crippen LogP) is 4.38. The molecule has 2 aromatic carbocycles. The molecule has 4 heteroatoms. The molecule has 0 bridgehead atoms. The number of nitrogens with zero attached hydrogens (tertiary/aromatic N) is 3. The predicted molar refractivity (Wildman–Crippen MR) is 97.3 cm³/mol. The van der Waals surface area contributed by atoms with Crippen molar-refractivity contribution >= 4 is 16.7 Å². The van der Waals surface area contributed by atoms with Gasteiger partial charge in [-0.1, -0.05) is 24.3 Å². The van der Waals surface area contributed by atoms with Gasteiger partial charge in [-0.2, -0.15) is 0 Å². The van der Waals surface area contributed by atoms with Crippen LogP contribution in [0.25, 0.3) is 22.3 Å². The second kappa shape index (κ2) is 6.11. The van der Waals surface area contributed by atoms with Gasteiger partial charge in [0.15, 0.2) is 5.82 Å². The molecule has 0 aliphatic carbocycles. The van der Waals surface area contributed by atoms with Gasteiger partial charge in [0, 0.05) is 18.0 Å². The van der Waals surface area contributed by atoms with Gasteiger partial charge in [0.05, 0.1) is 11.1 Å². The second-order valence-electron chi connectivity index (χ2n) is 6.44. The van der Waals surface area contributed by atoms with E-state index < -0.39 is 0 Å². The van der Waals surface area contributed by atoms with Gasteiger partial charge in [-0.25, -0.2) is 9.97 Å². The van der Waals surface area contributed by atoms with Gasteiger partial charge in [0.1, 0.15) is 11.6 Å². The normalized spacial score (nSPS) is 18.0. The van der Waals surface area contributed by atoms with E-state index in [0.29, 0.717) is 17.4 Å². The molecule has 1 atom stereocenters. The third-order valence-electron chi connectivity index (χ3n) is 4.80. The lowest BCUT2D eigenvalue weighted by molar-refractivity contribution is 0.476. The van der Waals surface area contributed by atoms with Gasteiger partial charge in [0.25, 0.3) is 0 Å². The molecule has 1 aliphatic heterocycles. The van der Waals surface area contributed by atoms with E-state index in [1.54, 1.807) is 6.07 Å². The van der Waals surface area contributed by atoms with Crippen molar-refractivity contribution in [2.45, 2.75) is 32.2 Å². The van der Waals surface area contributed by atoms with Crippen LogP contribution in [0.15, 0.2) is 48.5 Å². The molecule has 122 valence electrons. The summed E-state index contributed by atoms with van der Waals surface area (Å²) in [5.74, 6) is 1.77. The number of fused-ring (bicyclic) bond motifs is 1. The molecule has 4 rings (SSSR count). The Kier molecular flexibility index (Phi) is 3.81. The maximum atomic E-state index is 10.2. The van der Waals surface area contributed by atoms with E-state index in [9.17, 15) is 5.11 Å². The molecule has 2 heterocycles. The minimum absolute atomic E-state index is 0.213. The minimum Gasteiger partial charge on any atom is -0.507 e.